The van der Waals surface area contributed by atoms with Crippen molar-refractivity contribution in [2.75, 3.05) is 31.1 Å². The second-order valence-electron chi connectivity index (χ2n) is 7.99. The summed E-state index contributed by atoms with van der Waals surface area (Å²) in [4.78, 5) is 37.0. The highest BCUT2D eigenvalue weighted by Crippen LogP contribution is 2.22. The number of rotatable bonds is 4. The van der Waals surface area contributed by atoms with Crippen molar-refractivity contribution in [1.29, 1.82) is 0 Å². The highest BCUT2D eigenvalue weighted by Gasteiger charge is 2.27. The van der Waals surface area contributed by atoms with E-state index in [0.717, 1.165) is 6.07 Å². The smallest absolute Gasteiger partial charge is 0.272 e. The van der Waals surface area contributed by atoms with Gasteiger partial charge in [0.1, 0.15) is 0 Å². The first-order valence-corrected chi connectivity index (χ1v) is 10.8. The van der Waals surface area contributed by atoms with E-state index >= 15 is 0 Å². The second kappa shape index (κ2) is 8.97. The summed E-state index contributed by atoms with van der Waals surface area (Å²) in [5.41, 5.74) is 0.216. The number of nitrogens with one attached hydrogen (secondary N) is 1. The Kier molecular flexibility index (Phi) is 5.70. The third-order valence-electron chi connectivity index (χ3n) is 5.87. The van der Waals surface area contributed by atoms with Gasteiger partial charge in [-0.2, -0.15) is 5.10 Å². The Balaban J connectivity index is 1.39. The lowest BCUT2D eigenvalue weighted by molar-refractivity contribution is 0.0740. The summed E-state index contributed by atoms with van der Waals surface area (Å²) >= 11 is 0. The lowest BCUT2D eigenvalue weighted by Crippen LogP contribution is -2.49. The first-order chi connectivity index (χ1) is 16.5. The molecule has 172 valence electrons. The Morgan fingerprint density at radius 3 is 2.41 bits per heavy atom. The molecule has 0 unspecified atom stereocenters. The molecule has 1 fully saturated rings. The predicted molar refractivity (Wildman–Crippen MR) is 122 cm³/mol. The maximum absolute atomic E-state index is 14.7. The molecular weight excluding hydrogens is 442 g/mol. The number of H-pyrrole nitrogens is 1. The summed E-state index contributed by atoms with van der Waals surface area (Å²) in [5, 5.41) is 7.59. The van der Waals surface area contributed by atoms with Gasteiger partial charge in [-0.15, -0.1) is 0 Å². The monoisotopic (exact) mass is 462 g/mol. The number of anilines is 1. The van der Waals surface area contributed by atoms with Crippen molar-refractivity contribution in [2.45, 2.75) is 6.42 Å². The molecule has 0 aliphatic carbocycles. The molecule has 10 heteroatoms. The van der Waals surface area contributed by atoms with Gasteiger partial charge in [0.25, 0.3) is 11.5 Å². The van der Waals surface area contributed by atoms with E-state index < -0.39 is 17.5 Å². The molecule has 0 saturated carbocycles. The molecule has 1 N–H and O–H groups in total. The van der Waals surface area contributed by atoms with Gasteiger partial charge in [-0.1, -0.05) is 18.2 Å². The van der Waals surface area contributed by atoms with Gasteiger partial charge in [-0.3, -0.25) is 9.59 Å². The van der Waals surface area contributed by atoms with Gasteiger partial charge in [0.05, 0.1) is 16.6 Å². The van der Waals surface area contributed by atoms with Gasteiger partial charge in [-0.05, 0) is 29.8 Å². The molecule has 1 saturated heterocycles. The van der Waals surface area contributed by atoms with Crippen LogP contribution in [0.15, 0.2) is 59.7 Å². The molecule has 0 atom stereocenters. The number of aromatic amines is 1. The molecule has 2 aromatic carbocycles. The normalized spacial score (nSPS) is 13.9. The minimum Gasteiger partial charge on any atom is -0.337 e. The van der Waals surface area contributed by atoms with Crippen molar-refractivity contribution >= 4 is 22.6 Å². The molecule has 1 aliphatic heterocycles. The largest absolute Gasteiger partial charge is 0.337 e. The van der Waals surface area contributed by atoms with Crippen molar-refractivity contribution in [1.82, 2.24) is 25.1 Å². The Morgan fingerprint density at radius 1 is 0.971 bits per heavy atom. The van der Waals surface area contributed by atoms with Gasteiger partial charge >= 0.3 is 0 Å². The molecule has 0 bridgehead atoms. The maximum Gasteiger partial charge on any atom is 0.272 e. The molecule has 1 amide bonds. The fourth-order valence-electron chi connectivity index (χ4n) is 4.14. The molecule has 4 aromatic rings. The third kappa shape index (κ3) is 4.09. The van der Waals surface area contributed by atoms with Crippen LogP contribution in [-0.4, -0.2) is 57.2 Å². The molecule has 1 aliphatic rings. The first-order valence-electron chi connectivity index (χ1n) is 10.8. The van der Waals surface area contributed by atoms with Crippen LogP contribution in [-0.2, 0) is 6.42 Å². The Morgan fingerprint density at radius 2 is 1.68 bits per heavy atom. The minimum atomic E-state index is -1.18. The SMILES string of the molecule is O=C(c1cc(Cc2n[nH]c(=O)c3ccccc23)cc(F)c1F)N1CCN(c2ncccn2)CC1. The fourth-order valence-corrected chi connectivity index (χ4v) is 4.14. The third-order valence-corrected chi connectivity index (χ3v) is 5.87. The highest BCUT2D eigenvalue weighted by atomic mass is 19.2. The van der Waals surface area contributed by atoms with Gasteiger partial charge in [0.2, 0.25) is 5.95 Å². The molecule has 3 heterocycles. The Hall–Kier alpha value is -4.21. The van der Waals surface area contributed by atoms with Crippen molar-refractivity contribution in [3.63, 3.8) is 0 Å². The Bertz CT molecular complexity index is 1420. The van der Waals surface area contributed by atoms with Crippen LogP contribution in [0.1, 0.15) is 21.6 Å². The van der Waals surface area contributed by atoms with Gasteiger partial charge in [0, 0.05) is 50.4 Å². The second-order valence-corrected chi connectivity index (χ2v) is 7.99. The Labute approximate surface area is 192 Å². The first kappa shape index (κ1) is 21.6. The van der Waals surface area contributed by atoms with Crippen molar-refractivity contribution in [3.8, 4) is 0 Å². The summed E-state index contributed by atoms with van der Waals surface area (Å²) < 4.78 is 29.1. The average Bonchev–Trinajstić information content (AvgIpc) is 2.88. The van der Waals surface area contributed by atoms with E-state index in [-0.39, 0.29) is 17.5 Å². The highest BCUT2D eigenvalue weighted by molar-refractivity contribution is 5.95. The van der Waals surface area contributed by atoms with E-state index in [0.29, 0.717) is 54.2 Å². The summed E-state index contributed by atoms with van der Waals surface area (Å²) in [5.74, 6) is -2.30. The topological polar surface area (TPSA) is 95.1 Å². The lowest BCUT2D eigenvalue weighted by atomic mass is 10.0. The summed E-state index contributed by atoms with van der Waals surface area (Å²) in [6.45, 7) is 1.61. The number of carbonyl (C=O) groups is 1. The van der Waals surface area contributed by atoms with E-state index in [1.807, 2.05) is 4.90 Å². The van der Waals surface area contributed by atoms with Crippen molar-refractivity contribution in [2.24, 2.45) is 0 Å². The number of fused-ring (bicyclic) bond motifs is 1. The number of halogens is 2. The van der Waals surface area contributed by atoms with Crippen LogP contribution >= 0.6 is 0 Å². The minimum absolute atomic E-state index is 0.119. The van der Waals surface area contributed by atoms with Gasteiger partial charge in [-0.25, -0.2) is 23.8 Å². The number of aromatic nitrogens is 4. The summed E-state index contributed by atoms with van der Waals surface area (Å²) in [6.07, 6.45) is 3.40. The van der Waals surface area contributed by atoms with Gasteiger partial charge < -0.3 is 9.80 Å². The summed E-state index contributed by atoms with van der Waals surface area (Å²) in [6, 6.07) is 11.0. The van der Waals surface area contributed by atoms with E-state index in [4.69, 9.17) is 0 Å². The molecule has 0 spiro atoms. The average molecular weight is 462 g/mol. The van der Waals surface area contributed by atoms with E-state index in [1.165, 1.54) is 11.0 Å². The van der Waals surface area contributed by atoms with Crippen molar-refractivity contribution < 1.29 is 13.6 Å². The molecule has 2 aromatic heterocycles. The van der Waals surface area contributed by atoms with Crippen LogP contribution in [0.5, 0.6) is 0 Å². The number of nitrogens with zero attached hydrogens (tertiary/aromatic N) is 5. The standard InChI is InChI=1S/C24H20F2N6O2/c25-19-13-15(14-20-16-4-1-2-5-17(16)22(33)30-29-20)12-18(21(19)26)23(34)31-8-10-32(11-9-31)24-27-6-3-7-28-24/h1-7,12-13H,8-11,14H2,(H,30,33). The number of piperazine rings is 1. The molecule has 5 rings (SSSR count). The molecule has 34 heavy (non-hydrogen) atoms. The summed E-state index contributed by atoms with van der Waals surface area (Å²) in [7, 11) is 0. The molecule has 0 radical (unpaired) electrons. The maximum atomic E-state index is 14.7. The van der Waals surface area contributed by atoms with Crippen LogP contribution in [0.3, 0.4) is 0 Å². The van der Waals surface area contributed by atoms with Crippen LogP contribution in [0.4, 0.5) is 14.7 Å². The molecule has 8 nitrogen and oxygen atoms in total. The fraction of sp³-hybridized carbons (Fsp3) is 0.208. The predicted octanol–water partition coefficient (Wildman–Crippen LogP) is 2.54. The van der Waals surface area contributed by atoms with E-state index in [2.05, 4.69) is 20.2 Å². The zero-order chi connectivity index (χ0) is 23.7. The molecular formula is C24H20F2N6O2. The number of hydrogen-bond donors (Lipinski definition) is 1. The van der Waals surface area contributed by atoms with Crippen LogP contribution in [0.2, 0.25) is 0 Å². The van der Waals surface area contributed by atoms with Crippen LogP contribution in [0, 0.1) is 11.6 Å². The lowest BCUT2D eigenvalue weighted by Gasteiger charge is -2.34. The number of benzene rings is 2. The quantitative estimate of drug-likeness (QED) is 0.501. The zero-order valence-corrected chi connectivity index (χ0v) is 18.0. The van der Waals surface area contributed by atoms with Crippen LogP contribution < -0.4 is 10.5 Å². The zero-order valence-electron chi connectivity index (χ0n) is 18.0. The van der Waals surface area contributed by atoms with E-state index in [1.54, 1.807) is 42.7 Å². The van der Waals surface area contributed by atoms with Gasteiger partial charge in [0.15, 0.2) is 11.6 Å². The number of carbonyl (C=O) groups excluding carboxylic acids is 1. The number of amides is 1. The van der Waals surface area contributed by atoms with Crippen molar-refractivity contribution in [3.05, 3.63) is 93.7 Å². The number of hydrogen-bond acceptors (Lipinski definition) is 6. The van der Waals surface area contributed by atoms with Crippen LogP contribution in [0.25, 0.3) is 10.8 Å². The van der Waals surface area contributed by atoms with E-state index in [9.17, 15) is 18.4 Å².